The Bertz CT molecular complexity index is 219. The number of amides is 1. The highest BCUT2D eigenvalue weighted by molar-refractivity contribution is 5.76. The number of aliphatic carboxylic acids is 1. The van der Waals surface area contributed by atoms with Gasteiger partial charge in [0.25, 0.3) is 0 Å². The Morgan fingerprint density at radius 1 is 1.62 bits per heavy atom. The Morgan fingerprint density at radius 3 is 2.85 bits per heavy atom. The van der Waals surface area contributed by atoms with E-state index in [9.17, 15) is 9.59 Å². The molecule has 6 heteroatoms. The van der Waals surface area contributed by atoms with Crippen molar-refractivity contribution in [2.45, 2.75) is 6.10 Å². The monoisotopic (exact) mass is 188 g/mol. The fraction of sp³-hybridized carbons (Fsp3) is 0.714. The van der Waals surface area contributed by atoms with Gasteiger partial charge in [0.05, 0.1) is 13.2 Å². The summed E-state index contributed by atoms with van der Waals surface area (Å²) in [6.45, 7) is 1.18. The fourth-order valence-electron chi connectivity index (χ4n) is 1.22. The van der Waals surface area contributed by atoms with Gasteiger partial charge in [-0.1, -0.05) is 0 Å². The zero-order chi connectivity index (χ0) is 9.84. The van der Waals surface area contributed by atoms with Gasteiger partial charge in [0.2, 0.25) is 5.91 Å². The number of primary amides is 1. The highest BCUT2D eigenvalue weighted by atomic mass is 16.5. The highest BCUT2D eigenvalue weighted by Gasteiger charge is 2.26. The van der Waals surface area contributed by atoms with E-state index in [1.165, 1.54) is 0 Å². The van der Waals surface area contributed by atoms with E-state index in [4.69, 9.17) is 15.6 Å². The molecule has 0 spiro atoms. The molecule has 3 N–H and O–H groups in total. The van der Waals surface area contributed by atoms with Gasteiger partial charge in [-0.05, 0) is 0 Å². The maximum atomic E-state index is 10.5. The highest BCUT2D eigenvalue weighted by Crippen LogP contribution is 2.04. The van der Waals surface area contributed by atoms with Crippen LogP contribution in [0.1, 0.15) is 0 Å². The van der Waals surface area contributed by atoms with Gasteiger partial charge in [-0.3, -0.25) is 9.69 Å². The molecule has 0 aromatic carbocycles. The summed E-state index contributed by atoms with van der Waals surface area (Å²) in [4.78, 5) is 22.7. The zero-order valence-corrected chi connectivity index (χ0v) is 7.10. The van der Waals surface area contributed by atoms with Gasteiger partial charge < -0.3 is 15.6 Å². The van der Waals surface area contributed by atoms with Crippen molar-refractivity contribution in [2.24, 2.45) is 5.73 Å². The number of nitrogens with two attached hydrogens (primary N) is 1. The third-order valence-electron chi connectivity index (χ3n) is 1.81. The molecular weight excluding hydrogens is 176 g/mol. The molecule has 0 aliphatic carbocycles. The van der Waals surface area contributed by atoms with Crippen molar-refractivity contribution < 1.29 is 19.4 Å². The van der Waals surface area contributed by atoms with Crippen molar-refractivity contribution in [1.82, 2.24) is 4.90 Å². The van der Waals surface area contributed by atoms with E-state index in [1.54, 1.807) is 4.90 Å². The number of nitrogens with zero attached hydrogens (tertiary/aromatic N) is 1. The molecule has 1 aliphatic rings. The fourth-order valence-corrected chi connectivity index (χ4v) is 1.22. The van der Waals surface area contributed by atoms with Gasteiger partial charge in [0.1, 0.15) is 0 Å². The molecule has 0 bridgehead atoms. The summed E-state index contributed by atoms with van der Waals surface area (Å²) in [6.07, 6.45) is -0.840. The largest absolute Gasteiger partial charge is 0.479 e. The Kier molecular flexibility index (Phi) is 3.21. The average molecular weight is 188 g/mol. The van der Waals surface area contributed by atoms with Crippen molar-refractivity contribution in [3.8, 4) is 0 Å². The van der Waals surface area contributed by atoms with Gasteiger partial charge in [0, 0.05) is 13.1 Å². The number of carboxylic acids is 1. The molecule has 6 nitrogen and oxygen atoms in total. The molecule has 0 aromatic rings. The van der Waals surface area contributed by atoms with E-state index in [2.05, 4.69) is 0 Å². The second kappa shape index (κ2) is 4.20. The van der Waals surface area contributed by atoms with Gasteiger partial charge in [-0.2, -0.15) is 0 Å². The first-order chi connectivity index (χ1) is 6.09. The lowest BCUT2D eigenvalue weighted by atomic mass is 10.2. The Labute approximate surface area is 75.3 Å². The summed E-state index contributed by atoms with van der Waals surface area (Å²) in [6, 6.07) is 0. The van der Waals surface area contributed by atoms with Gasteiger partial charge >= 0.3 is 5.97 Å². The van der Waals surface area contributed by atoms with E-state index in [-0.39, 0.29) is 13.1 Å². The van der Waals surface area contributed by atoms with E-state index in [0.717, 1.165) is 0 Å². The van der Waals surface area contributed by atoms with Crippen molar-refractivity contribution in [2.75, 3.05) is 26.2 Å². The van der Waals surface area contributed by atoms with Crippen LogP contribution in [0.2, 0.25) is 0 Å². The molecule has 1 heterocycles. The van der Waals surface area contributed by atoms with Crippen molar-refractivity contribution in [1.29, 1.82) is 0 Å². The molecule has 1 aliphatic heterocycles. The molecule has 1 unspecified atom stereocenters. The van der Waals surface area contributed by atoms with Gasteiger partial charge in [0.15, 0.2) is 6.10 Å². The lowest BCUT2D eigenvalue weighted by Gasteiger charge is -2.29. The van der Waals surface area contributed by atoms with E-state index in [0.29, 0.717) is 13.2 Å². The normalized spacial score (nSPS) is 24.2. The van der Waals surface area contributed by atoms with Gasteiger partial charge in [-0.15, -0.1) is 0 Å². The van der Waals surface area contributed by atoms with Crippen molar-refractivity contribution in [3.05, 3.63) is 0 Å². The number of carbonyl (C=O) groups is 2. The second-order valence-corrected chi connectivity index (χ2v) is 2.90. The first-order valence-corrected chi connectivity index (χ1v) is 3.94. The van der Waals surface area contributed by atoms with Crippen LogP contribution < -0.4 is 5.73 Å². The first-order valence-electron chi connectivity index (χ1n) is 3.94. The molecule has 0 radical (unpaired) electrons. The number of carboxylic acid groups (broad SMARTS) is 1. The minimum Gasteiger partial charge on any atom is -0.479 e. The van der Waals surface area contributed by atoms with Crippen LogP contribution in [-0.4, -0.2) is 54.2 Å². The van der Waals surface area contributed by atoms with Crippen LogP contribution in [0.25, 0.3) is 0 Å². The van der Waals surface area contributed by atoms with Crippen LogP contribution in [-0.2, 0) is 14.3 Å². The van der Waals surface area contributed by atoms with Crippen LogP contribution >= 0.6 is 0 Å². The third kappa shape index (κ3) is 3.00. The average Bonchev–Trinajstić information content (AvgIpc) is 2.03. The molecule has 1 amide bonds. The number of morpholine rings is 1. The molecule has 13 heavy (non-hydrogen) atoms. The molecule has 1 rings (SSSR count). The molecule has 0 saturated carbocycles. The number of hydrogen-bond donors (Lipinski definition) is 2. The minimum atomic E-state index is -1.01. The summed E-state index contributed by atoms with van der Waals surface area (Å²) in [5.41, 5.74) is 4.98. The summed E-state index contributed by atoms with van der Waals surface area (Å²) in [7, 11) is 0. The van der Waals surface area contributed by atoms with Crippen molar-refractivity contribution >= 4 is 11.9 Å². The maximum absolute atomic E-state index is 10.5. The molecule has 1 saturated heterocycles. The maximum Gasteiger partial charge on any atom is 0.334 e. The molecule has 74 valence electrons. The zero-order valence-electron chi connectivity index (χ0n) is 7.10. The van der Waals surface area contributed by atoms with E-state index < -0.39 is 18.0 Å². The summed E-state index contributed by atoms with van der Waals surface area (Å²) in [5, 5.41) is 8.62. The van der Waals surface area contributed by atoms with Crippen LogP contribution in [0.3, 0.4) is 0 Å². The second-order valence-electron chi connectivity index (χ2n) is 2.90. The van der Waals surface area contributed by atoms with Crippen LogP contribution in [0, 0.1) is 0 Å². The van der Waals surface area contributed by atoms with Crippen molar-refractivity contribution in [3.63, 3.8) is 0 Å². The Morgan fingerprint density at radius 2 is 2.31 bits per heavy atom. The Balaban J connectivity index is 2.41. The lowest BCUT2D eigenvalue weighted by molar-refractivity contribution is -0.156. The number of ether oxygens (including phenoxy) is 1. The number of rotatable bonds is 3. The number of hydrogen-bond acceptors (Lipinski definition) is 4. The number of carbonyl (C=O) groups excluding carboxylic acids is 1. The minimum absolute atomic E-state index is 0.0904. The molecule has 1 atom stereocenters. The quantitative estimate of drug-likeness (QED) is 0.548. The van der Waals surface area contributed by atoms with Crippen LogP contribution in [0.4, 0.5) is 0 Å². The van der Waals surface area contributed by atoms with Crippen LogP contribution in [0.5, 0.6) is 0 Å². The summed E-state index contributed by atoms with van der Waals surface area (Å²) >= 11 is 0. The molecule has 1 fully saturated rings. The van der Waals surface area contributed by atoms with E-state index in [1.807, 2.05) is 0 Å². The summed E-state index contributed by atoms with van der Waals surface area (Å²) < 4.78 is 4.96. The molecule has 0 aromatic heterocycles. The predicted octanol–water partition coefficient (Wildman–Crippen LogP) is -1.74. The smallest absolute Gasteiger partial charge is 0.334 e. The van der Waals surface area contributed by atoms with Gasteiger partial charge in [-0.25, -0.2) is 4.79 Å². The lowest BCUT2D eigenvalue weighted by Crippen LogP contribution is -2.48. The van der Waals surface area contributed by atoms with Crippen LogP contribution in [0.15, 0.2) is 0 Å². The van der Waals surface area contributed by atoms with E-state index >= 15 is 0 Å². The standard InChI is InChI=1S/C7H12N2O4/c8-6(10)4-9-1-2-13-5(3-9)7(11)12/h5H,1-4H2,(H2,8,10)(H,11,12). The first kappa shape index (κ1) is 9.94. The predicted molar refractivity (Wildman–Crippen MR) is 43.0 cm³/mol. The Hall–Kier alpha value is -1.14. The topological polar surface area (TPSA) is 92.9 Å². The SMILES string of the molecule is NC(=O)CN1CCOC(C(=O)O)C1. The molecular formula is C7H12N2O4. The summed E-state index contributed by atoms with van der Waals surface area (Å²) in [5.74, 6) is -1.46. The third-order valence-corrected chi connectivity index (χ3v) is 1.81.